The lowest BCUT2D eigenvalue weighted by atomic mass is 10.1. The largest absolute Gasteiger partial charge is 0.389 e. The van der Waals surface area contributed by atoms with Gasteiger partial charge in [0, 0.05) is 23.7 Å². The smallest absolute Gasteiger partial charge is 0.328 e. The van der Waals surface area contributed by atoms with E-state index in [1.54, 1.807) is 30.5 Å². The van der Waals surface area contributed by atoms with Gasteiger partial charge in [-0.15, -0.1) is 11.3 Å². The lowest BCUT2D eigenvalue weighted by Gasteiger charge is -2.16. The third-order valence-electron chi connectivity index (χ3n) is 4.01. The highest BCUT2D eigenvalue weighted by molar-refractivity contribution is 7.09. The lowest BCUT2D eigenvalue weighted by Crippen LogP contribution is -2.33. The van der Waals surface area contributed by atoms with Gasteiger partial charge < -0.3 is 10.6 Å². The predicted molar refractivity (Wildman–Crippen MR) is 90.6 cm³/mol. The number of aryl methyl sites for hydroxylation is 1. The number of aromatic nitrogens is 1. The third-order valence-corrected chi connectivity index (χ3v) is 4.87. The van der Waals surface area contributed by atoms with Crippen molar-refractivity contribution in [3.63, 3.8) is 0 Å². The van der Waals surface area contributed by atoms with Crippen LogP contribution >= 0.6 is 11.3 Å². The molecular weight excluding hydrogens is 351 g/mol. The summed E-state index contributed by atoms with van der Waals surface area (Å²) in [6.45, 7) is 0. The lowest BCUT2D eigenvalue weighted by molar-refractivity contribution is -0.133. The van der Waals surface area contributed by atoms with Crippen molar-refractivity contribution < 1.29 is 18.0 Å². The summed E-state index contributed by atoms with van der Waals surface area (Å²) in [7, 11) is 0. The highest BCUT2D eigenvalue weighted by Gasteiger charge is 2.35. The minimum Gasteiger partial charge on any atom is -0.328 e. The van der Waals surface area contributed by atoms with Crippen LogP contribution in [0.15, 0.2) is 35.8 Å². The summed E-state index contributed by atoms with van der Waals surface area (Å²) in [6, 6.07) is 5.99. The van der Waals surface area contributed by atoms with Crippen molar-refractivity contribution in [1.29, 1.82) is 0 Å². The Labute approximate surface area is 147 Å². The van der Waals surface area contributed by atoms with Crippen LogP contribution in [0.5, 0.6) is 0 Å². The van der Waals surface area contributed by atoms with Crippen LogP contribution in [-0.2, 0) is 6.42 Å². The van der Waals surface area contributed by atoms with Gasteiger partial charge in [0.25, 0.3) is 0 Å². The first-order valence-corrected chi connectivity index (χ1v) is 8.91. The van der Waals surface area contributed by atoms with E-state index in [4.69, 9.17) is 0 Å². The van der Waals surface area contributed by atoms with Crippen LogP contribution in [0.1, 0.15) is 35.9 Å². The Morgan fingerprint density at radius 3 is 2.56 bits per heavy atom. The first-order valence-electron chi connectivity index (χ1n) is 8.03. The van der Waals surface area contributed by atoms with Gasteiger partial charge in [0.05, 0.1) is 6.04 Å². The molecule has 1 aromatic heterocycles. The molecule has 2 N–H and O–H groups in total. The maximum absolute atomic E-state index is 12.2. The van der Waals surface area contributed by atoms with E-state index in [2.05, 4.69) is 15.6 Å². The van der Waals surface area contributed by atoms with Gasteiger partial charge in [-0.25, -0.2) is 9.78 Å². The zero-order valence-corrected chi connectivity index (χ0v) is 14.2. The number of carbonyl (C=O) groups excluding carboxylic acids is 1. The molecule has 0 aliphatic heterocycles. The van der Waals surface area contributed by atoms with Gasteiger partial charge in [-0.05, 0) is 42.9 Å². The normalized spacial score (nSPS) is 15.6. The van der Waals surface area contributed by atoms with E-state index in [0.29, 0.717) is 17.2 Å². The molecule has 0 spiro atoms. The van der Waals surface area contributed by atoms with E-state index >= 15 is 0 Å². The predicted octanol–water partition coefficient (Wildman–Crippen LogP) is 4.91. The molecule has 134 valence electrons. The Hall–Kier alpha value is -2.09. The van der Waals surface area contributed by atoms with Gasteiger partial charge in [0.2, 0.25) is 0 Å². The Bertz CT molecular complexity index is 697. The molecule has 25 heavy (non-hydrogen) atoms. The zero-order valence-electron chi connectivity index (χ0n) is 13.3. The summed E-state index contributed by atoms with van der Waals surface area (Å²) in [6.07, 6.45) is -1.23. The monoisotopic (exact) mass is 369 g/mol. The number of nitrogens with zero attached hydrogens (tertiary/aromatic N) is 1. The molecule has 4 nitrogen and oxygen atoms in total. The Balaban J connectivity index is 1.54. The summed E-state index contributed by atoms with van der Waals surface area (Å²) in [5.74, 6) is 0.418. The first kappa shape index (κ1) is 17.7. The summed E-state index contributed by atoms with van der Waals surface area (Å²) in [5.41, 5.74) is 1.13. The molecule has 1 unspecified atom stereocenters. The SMILES string of the molecule is O=C(Nc1ccc(CCC(F)(F)F)cc1)NC(c1nccs1)C1CC1. The fourth-order valence-electron chi connectivity index (χ4n) is 2.55. The van der Waals surface area contributed by atoms with Gasteiger partial charge in [0.1, 0.15) is 5.01 Å². The number of urea groups is 1. The van der Waals surface area contributed by atoms with Crippen molar-refractivity contribution in [2.45, 2.75) is 37.9 Å². The number of amides is 2. The number of alkyl halides is 3. The van der Waals surface area contributed by atoms with Crippen molar-refractivity contribution in [1.82, 2.24) is 10.3 Å². The second-order valence-electron chi connectivity index (χ2n) is 6.10. The number of carbonyl (C=O) groups is 1. The molecule has 1 fully saturated rings. The van der Waals surface area contributed by atoms with E-state index in [9.17, 15) is 18.0 Å². The number of hydrogen-bond donors (Lipinski definition) is 2. The van der Waals surface area contributed by atoms with Crippen LogP contribution < -0.4 is 10.6 Å². The van der Waals surface area contributed by atoms with Gasteiger partial charge in [-0.1, -0.05) is 12.1 Å². The molecule has 1 saturated carbocycles. The molecular formula is C17H18F3N3OS. The van der Waals surface area contributed by atoms with Gasteiger partial charge >= 0.3 is 12.2 Å². The fourth-order valence-corrected chi connectivity index (χ4v) is 3.33. The summed E-state index contributed by atoms with van der Waals surface area (Å²) in [4.78, 5) is 16.5. The number of benzene rings is 1. The molecule has 0 radical (unpaired) electrons. The minimum atomic E-state index is -4.16. The van der Waals surface area contributed by atoms with Crippen LogP contribution in [0.2, 0.25) is 0 Å². The number of rotatable bonds is 6. The Morgan fingerprint density at radius 2 is 2.00 bits per heavy atom. The van der Waals surface area contributed by atoms with Crippen molar-refractivity contribution in [3.05, 3.63) is 46.4 Å². The van der Waals surface area contributed by atoms with Crippen LogP contribution in [0.25, 0.3) is 0 Å². The van der Waals surface area contributed by atoms with Crippen molar-refractivity contribution in [3.8, 4) is 0 Å². The summed E-state index contributed by atoms with van der Waals surface area (Å²) in [5, 5.41) is 8.43. The number of nitrogens with one attached hydrogen (secondary N) is 2. The molecule has 0 bridgehead atoms. The number of anilines is 1. The molecule has 8 heteroatoms. The highest BCUT2D eigenvalue weighted by atomic mass is 32.1. The number of thiazole rings is 1. The van der Waals surface area contributed by atoms with Gasteiger partial charge in [-0.2, -0.15) is 13.2 Å². The van der Waals surface area contributed by atoms with Crippen LogP contribution in [0, 0.1) is 5.92 Å². The minimum absolute atomic E-state index is 0.0657. The molecule has 2 amide bonds. The quantitative estimate of drug-likeness (QED) is 0.760. The standard InChI is InChI=1S/C17H18F3N3OS/c18-17(19,20)8-7-11-1-5-13(6-2-11)22-16(24)23-14(12-3-4-12)15-21-9-10-25-15/h1-2,5-6,9-10,12,14H,3-4,7-8H2,(H2,22,23,24). The number of hydrogen-bond acceptors (Lipinski definition) is 3. The van der Waals surface area contributed by atoms with Crippen LogP contribution in [-0.4, -0.2) is 17.2 Å². The van der Waals surface area contributed by atoms with E-state index < -0.39 is 12.6 Å². The topological polar surface area (TPSA) is 54.0 Å². The van der Waals surface area contributed by atoms with Crippen LogP contribution in [0.3, 0.4) is 0 Å². The fraction of sp³-hybridized carbons (Fsp3) is 0.412. The second kappa shape index (κ2) is 7.43. The zero-order chi connectivity index (χ0) is 17.9. The molecule has 1 aliphatic carbocycles. The Kier molecular flexibility index (Phi) is 5.27. The van der Waals surface area contributed by atoms with Crippen molar-refractivity contribution in [2.75, 3.05) is 5.32 Å². The maximum atomic E-state index is 12.2. The maximum Gasteiger partial charge on any atom is 0.389 e. The van der Waals surface area contributed by atoms with Gasteiger partial charge in [-0.3, -0.25) is 0 Å². The molecule has 1 atom stereocenters. The van der Waals surface area contributed by atoms with Gasteiger partial charge in [0.15, 0.2) is 0 Å². The molecule has 1 aliphatic rings. The molecule has 1 aromatic carbocycles. The highest BCUT2D eigenvalue weighted by Crippen LogP contribution is 2.41. The van der Waals surface area contributed by atoms with E-state index in [1.165, 1.54) is 11.3 Å². The van der Waals surface area contributed by atoms with Crippen LogP contribution in [0.4, 0.5) is 23.7 Å². The number of halogens is 3. The molecule has 3 rings (SSSR count). The van der Waals surface area contributed by atoms with E-state index in [1.807, 2.05) is 5.38 Å². The second-order valence-corrected chi connectivity index (χ2v) is 7.02. The van der Waals surface area contributed by atoms with E-state index in [0.717, 1.165) is 17.8 Å². The first-order chi connectivity index (χ1) is 11.9. The Morgan fingerprint density at radius 1 is 1.28 bits per heavy atom. The summed E-state index contributed by atoms with van der Waals surface area (Å²) >= 11 is 1.51. The molecule has 1 heterocycles. The molecule has 2 aromatic rings. The third kappa shape index (κ3) is 5.45. The average Bonchev–Trinajstić information content (AvgIpc) is 3.25. The average molecular weight is 369 g/mol. The van der Waals surface area contributed by atoms with Crippen molar-refractivity contribution in [2.24, 2.45) is 5.92 Å². The summed E-state index contributed by atoms with van der Waals surface area (Å²) < 4.78 is 36.7. The van der Waals surface area contributed by atoms with E-state index in [-0.39, 0.29) is 18.5 Å². The molecule has 0 saturated heterocycles. The van der Waals surface area contributed by atoms with Crippen molar-refractivity contribution >= 4 is 23.1 Å².